The fourth-order valence-electron chi connectivity index (χ4n) is 3.38. The summed E-state index contributed by atoms with van der Waals surface area (Å²) in [6, 6.07) is 13.6. The Morgan fingerprint density at radius 1 is 0.917 bits per heavy atom. The van der Waals surface area contributed by atoms with Crippen LogP contribution >= 0.6 is 0 Å². The molecule has 0 aliphatic carbocycles. The summed E-state index contributed by atoms with van der Waals surface area (Å²) in [4.78, 5) is 48.9. The van der Waals surface area contributed by atoms with Gasteiger partial charge >= 0.3 is 18.0 Å². The van der Waals surface area contributed by atoms with E-state index in [0.29, 0.717) is 0 Å². The van der Waals surface area contributed by atoms with Crippen LogP contribution < -0.4 is 5.32 Å². The molecular formula is C27H34N2O7. The molecular weight excluding hydrogens is 464 g/mol. The third kappa shape index (κ3) is 9.40. The predicted octanol–water partition coefficient (Wildman–Crippen LogP) is 3.24. The lowest BCUT2D eigenvalue weighted by atomic mass is 10.00. The van der Waals surface area contributed by atoms with Gasteiger partial charge in [0.15, 0.2) is 0 Å². The molecule has 0 aliphatic heterocycles. The molecule has 0 aromatic heterocycles. The second-order valence-electron chi connectivity index (χ2n) is 9.50. The van der Waals surface area contributed by atoms with Crippen molar-refractivity contribution in [3.63, 3.8) is 0 Å². The highest BCUT2D eigenvalue weighted by molar-refractivity contribution is 5.88. The van der Waals surface area contributed by atoms with Crippen LogP contribution in [0.2, 0.25) is 0 Å². The molecule has 0 saturated carbocycles. The van der Waals surface area contributed by atoms with Crippen molar-refractivity contribution in [1.82, 2.24) is 10.2 Å². The lowest BCUT2D eigenvalue weighted by Gasteiger charge is -2.25. The van der Waals surface area contributed by atoms with Gasteiger partial charge in [0.05, 0.1) is 12.7 Å². The minimum atomic E-state index is -0.950. The number of hydrogen-bond acceptors (Lipinski definition) is 6. The number of nitrogens with one attached hydrogen (secondary N) is 1. The molecule has 2 aromatic carbocycles. The van der Waals surface area contributed by atoms with E-state index in [1.54, 1.807) is 32.9 Å². The van der Waals surface area contributed by atoms with Gasteiger partial charge in [-0.05, 0) is 62.4 Å². The number of ether oxygens (including phenoxy) is 2. The van der Waals surface area contributed by atoms with Gasteiger partial charge in [-0.25, -0.2) is 14.4 Å². The van der Waals surface area contributed by atoms with E-state index in [2.05, 4.69) is 5.32 Å². The molecule has 2 rings (SSSR count). The molecule has 0 fully saturated rings. The molecule has 0 spiro atoms. The Morgan fingerprint density at radius 3 is 1.89 bits per heavy atom. The van der Waals surface area contributed by atoms with Crippen molar-refractivity contribution in [2.24, 2.45) is 0 Å². The fourth-order valence-corrected chi connectivity index (χ4v) is 3.38. The van der Waals surface area contributed by atoms with Gasteiger partial charge in [0, 0.05) is 13.5 Å². The van der Waals surface area contributed by atoms with Gasteiger partial charge in [-0.15, -0.1) is 0 Å². The Kier molecular flexibility index (Phi) is 10.0. The topological polar surface area (TPSA) is 122 Å². The lowest BCUT2D eigenvalue weighted by molar-refractivity contribution is -0.145. The highest BCUT2D eigenvalue weighted by Gasteiger charge is 2.25. The molecule has 2 N–H and O–H groups in total. The molecule has 9 heteroatoms. The minimum absolute atomic E-state index is 0.228. The van der Waals surface area contributed by atoms with Gasteiger partial charge in [0.25, 0.3) is 0 Å². The number of carboxylic acids is 1. The Morgan fingerprint density at radius 2 is 1.42 bits per heavy atom. The van der Waals surface area contributed by atoms with Crippen LogP contribution in [0.1, 0.15) is 47.8 Å². The second-order valence-corrected chi connectivity index (χ2v) is 9.50. The Hall–Kier alpha value is -3.88. The molecule has 0 aliphatic rings. The van der Waals surface area contributed by atoms with E-state index in [9.17, 15) is 19.2 Å². The molecule has 9 nitrogen and oxygen atoms in total. The van der Waals surface area contributed by atoms with E-state index >= 15 is 0 Å². The number of nitrogens with zero attached hydrogens (tertiary/aromatic N) is 1. The van der Waals surface area contributed by atoms with Crippen molar-refractivity contribution in [3.8, 4) is 0 Å². The maximum atomic E-state index is 12.5. The molecule has 0 radical (unpaired) electrons. The zero-order valence-corrected chi connectivity index (χ0v) is 21.4. The third-order valence-electron chi connectivity index (χ3n) is 5.27. The monoisotopic (exact) mass is 498 g/mol. The molecule has 0 heterocycles. The van der Waals surface area contributed by atoms with Crippen LogP contribution in [-0.2, 0) is 38.3 Å². The van der Waals surface area contributed by atoms with Crippen LogP contribution in [-0.4, -0.2) is 66.3 Å². The van der Waals surface area contributed by atoms with Crippen molar-refractivity contribution in [2.45, 2.75) is 51.7 Å². The number of methoxy groups -OCH3 is 1. The molecule has 2 aromatic rings. The Labute approximate surface area is 211 Å². The SMILES string of the molecule is COC(=O)C(Cc1ccc(CCc2ccc(C(=O)O)cc2)cc1)NC(=O)CN(C)C(=O)OC(C)(C)C. The van der Waals surface area contributed by atoms with E-state index in [1.165, 1.54) is 14.2 Å². The summed E-state index contributed by atoms with van der Waals surface area (Å²) < 4.78 is 10.1. The van der Waals surface area contributed by atoms with Crippen LogP contribution in [0.5, 0.6) is 0 Å². The van der Waals surface area contributed by atoms with Crippen molar-refractivity contribution in [3.05, 3.63) is 70.8 Å². The van der Waals surface area contributed by atoms with Gasteiger partial charge < -0.3 is 24.8 Å². The van der Waals surface area contributed by atoms with Crippen LogP contribution in [0.15, 0.2) is 48.5 Å². The van der Waals surface area contributed by atoms with Crippen LogP contribution in [0.3, 0.4) is 0 Å². The highest BCUT2D eigenvalue weighted by Crippen LogP contribution is 2.13. The first kappa shape index (κ1) is 28.4. The van der Waals surface area contributed by atoms with E-state index in [1.807, 2.05) is 36.4 Å². The highest BCUT2D eigenvalue weighted by atomic mass is 16.6. The number of likely N-dealkylation sites (N-methyl/N-ethyl adjacent to an activating group) is 1. The van der Waals surface area contributed by atoms with Gasteiger partial charge in [0.1, 0.15) is 18.2 Å². The predicted molar refractivity (Wildman–Crippen MR) is 134 cm³/mol. The zero-order chi connectivity index (χ0) is 26.9. The summed E-state index contributed by atoms with van der Waals surface area (Å²) in [6.45, 7) is 4.93. The van der Waals surface area contributed by atoms with Crippen molar-refractivity contribution in [1.29, 1.82) is 0 Å². The molecule has 0 saturated heterocycles. The first-order valence-electron chi connectivity index (χ1n) is 11.6. The number of carbonyl (C=O) groups is 4. The largest absolute Gasteiger partial charge is 0.478 e. The second kappa shape index (κ2) is 12.7. The first-order valence-corrected chi connectivity index (χ1v) is 11.6. The minimum Gasteiger partial charge on any atom is -0.478 e. The summed E-state index contributed by atoms with van der Waals surface area (Å²) in [6.07, 6.45) is 1.11. The smallest absolute Gasteiger partial charge is 0.410 e. The number of esters is 1. The summed E-state index contributed by atoms with van der Waals surface area (Å²) >= 11 is 0. The normalized spacial score (nSPS) is 11.8. The third-order valence-corrected chi connectivity index (χ3v) is 5.27. The number of rotatable bonds is 10. The zero-order valence-electron chi connectivity index (χ0n) is 21.4. The van der Waals surface area contributed by atoms with E-state index in [-0.39, 0.29) is 18.5 Å². The molecule has 194 valence electrons. The van der Waals surface area contributed by atoms with E-state index < -0.39 is 35.6 Å². The number of carboxylic acid groups (broad SMARTS) is 1. The van der Waals surface area contributed by atoms with E-state index in [4.69, 9.17) is 14.6 Å². The maximum absolute atomic E-state index is 12.5. The molecule has 36 heavy (non-hydrogen) atoms. The summed E-state index contributed by atoms with van der Waals surface area (Å²) in [5, 5.41) is 11.6. The van der Waals surface area contributed by atoms with Crippen LogP contribution in [0.4, 0.5) is 4.79 Å². The Bertz CT molecular complexity index is 1060. The standard InChI is InChI=1S/C27H34N2O7/c1-27(2,3)36-26(34)29(4)17-23(30)28-22(25(33)35-5)16-20-10-8-18(9-11-20)6-7-19-12-14-21(15-13-19)24(31)32/h8-15,22H,6-7,16-17H2,1-5H3,(H,28,30)(H,31,32). The Balaban J connectivity index is 1.94. The van der Waals surface area contributed by atoms with E-state index in [0.717, 1.165) is 34.4 Å². The van der Waals surface area contributed by atoms with Gasteiger partial charge in [-0.1, -0.05) is 36.4 Å². The summed E-state index contributed by atoms with van der Waals surface area (Å²) in [5.74, 6) is -2.05. The number of aromatic carboxylic acids is 1. The van der Waals surface area contributed by atoms with Gasteiger partial charge in [-0.2, -0.15) is 0 Å². The summed E-state index contributed by atoms with van der Waals surface area (Å²) in [5.41, 5.74) is 2.52. The number of benzene rings is 2. The van der Waals surface area contributed by atoms with Crippen LogP contribution in [0.25, 0.3) is 0 Å². The number of aryl methyl sites for hydroxylation is 2. The fraction of sp³-hybridized carbons (Fsp3) is 0.407. The average Bonchev–Trinajstić information content (AvgIpc) is 2.81. The lowest BCUT2D eigenvalue weighted by Crippen LogP contribution is -2.48. The van der Waals surface area contributed by atoms with Gasteiger partial charge in [-0.3, -0.25) is 4.79 Å². The number of amides is 2. The molecule has 1 unspecified atom stereocenters. The maximum Gasteiger partial charge on any atom is 0.410 e. The van der Waals surface area contributed by atoms with Crippen molar-refractivity contribution >= 4 is 23.9 Å². The molecule has 2 amide bonds. The number of hydrogen-bond donors (Lipinski definition) is 2. The first-order chi connectivity index (χ1) is 16.9. The van der Waals surface area contributed by atoms with Crippen LogP contribution in [0, 0.1) is 0 Å². The quantitative estimate of drug-likeness (QED) is 0.482. The number of carbonyl (C=O) groups excluding carboxylic acids is 3. The summed E-state index contributed by atoms with van der Waals surface area (Å²) in [7, 11) is 2.69. The van der Waals surface area contributed by atoms with Gasteiger partial charge in [0.2, 0.25) is 5.91 Å². The molecule has 1 atom stereocenters. The van der Waals surface area contributed by atoms with Crippen molar-refractivity contribution < 1.29 is 33.8 Å². The molecule has 0 bridgehead atoms. The van der Waals surface area contributed by atoms with Crippen molar-refractivity contribution in [2.75, 3.05) is 20.7 Å². The average molecular weight is 499 g/mol.